The molecule has 528 valence electrons. The zero-order valence-corrected chi connectivity index (χ0v) is 59.5. The van der Waals surface area contributed by atoms with Gasteiger partial charge in [-0.25, -0.2) is 9.13 Å². The van der Waals surface area contributed by atoms with Crippen molar-refractivity contribution in [3.05, 3.63) is 0 Å². The monoisotopic (exact) mass is 1310 g/mol. The van der Waals surface area contributed by atoms with Gasteiger partial charge in [0.2, 0.25) is 0 Å². The third-order valence-electron chi connectivity index (χ3n) is 16.2. The maximum atomic E-state index is 13.0. The van der Waals surface area contributed by atoms with Gasteiger partial charge in [-0.3, -0.25) is 37.3 Å². The summed E-state index contributed by atoms with van der Waals surface area (Å²) in [5, 5.41) is 10.5. The summed E-state index contributed by atoms with van der Waals surface area (Å²) in [7, 11) is -9.89. The van der Waals surface area contributed by atoms with E-state index in [1.54, 1.807) is 0 Å². The molecule has 0 spiro atoms. The summed E-state index contributed by atoms with van der Waals surface area (Å²) in [5.74, 6) is -0.677. The van der Waals surface area contributed by atoms with Crippen molar-refractivity contribution in [2.24, 2.45) is 11.8 Å². The van der Waals surface area contributed by atoms with Crippen molar-refractivity contribution in [1.82, 2.24) is 0 Å². The second-order valence-corrected chi connectivity index (χ2v) is 29.1. The standard InChI is InChI=1S/C70H136O17P2/c1-7-9-11-13-14-15-16-17-18-19-20-21-22-23-24-25-26-29-36-42-48-54-69(74)87-66(59-81-68(73)53-47-41-35-30-27-28-33-39-44-50-62(3)4)61-85-89(78,79)83-57-64(71)56-82-88(76,77)84-60-65(58-80-67(72)52-46-38-12-10-8-2)86-70(75)55-49-43-37-32-31-34-40-45-51-63(5)6/h62-66,71H,7-61H2,1-6H3,(H,76,77)(H,78,79)/t64-,65+,66+/m0/s1. The van der Waals surface area contributed by atoms with Crippen molar-refractivity contribution < 1.29 is 80.2 Å². The van der Waals surface area contributed by atoms with Crippen LogP contribution in [0.4, 0.5) is 0 Å². The van der Waals surface area contributed by atoms with Gasteiger partial charge in [-0.1, -0.05) is 305 Å². The molecule has 17 nitrogen and oxygen atoms in total. The van der Waals surface area contributed by atoms with Gasteiger partial charge in [-0.05, 0) is 37.5 Å². The Bertz CT molecular complexity index is 1730. The van der Waals surface area contributed by atoms with E-state index in [1.807, 2.05) is 0 Å². The van der Waals surface area contributed by atoms with E-state index in [1.165, 1.54) is 167 Å². The SMILES string of the molecule is CCCCCCCCCCCCCCCCCCCCCCCC(=O)O[C@H](COC(=O)CCCCCCCCCCCC(C)C)COP(=O)(O)OC[C@@H](O)COP(=O)(O)OC[C@@H](COC(=O)CCCCCCC)OC(=O)CCCCCCCCCCC(C)C. The summed E-state index contributed by atoms with van der Waals surface area (Å²) >= 11 is 0. The van der Waals surface area contributed by atoms with Crippen molar-refractivity contribution in [2.75, 3.05) is 39.6 Å². The Morgan fingerprint density at radius 2 is 0.517 bits per heavy atom. The summed E-state index contributed by atoms with van der Waals surface area (Å²) in [6, 6.07) is 0. The maximum absolute atomic E-state index is 13.0. The van der Waals surface area contributed by atoms with E-state index in [0.29, 0.717) is 25.7 Å². The number of esters is 4. The van der Waals surface area contributed by atoms with Crippen molar-refractivity contribution in [1.29, 1.82) is 0 Å². The van der Waals surface area contributed by atoms with Crippen LogP contribution in [0.2, 0.25) is 0 Å². The minimum absolute atomic E-state index is 0.103. The lowest BCUT2D eigenvalue weighted by atomic mass is 10.0. The number of aliphatic hydroxyl groups is 1. The molecule has 0 bridgehead atoms. The van der Waals surface area contributed by atoms with Crippen LogP contribution < -0.4 is 0 Å². The Hall–Kier alpha value is -1.94. The van der Waals surface area contributed by atoms with Crippen molar-refractivity contribution >= 4 is 39.5 Å². The summed E-state index contributed by atoms with van der Waals surface area (Å²) in [5.41, 5.74) is 0. The molecule has 5 atom stereocenters. The number of phosphoric acid groups is 2. The Kier molecular flexibility index (Phi) is 60.8. The smallest absolute Gasteiger partial charge is 0.462 e. The highest BCUT2D eigenvalue weighted by Gasteiger charge is 2.30. The molecule has 0 aromatic rings. The van der Waals surface area contributed by atoms with E-state index < -0.39 is 97.5 Å². The molecule has 0 aliphatic carbocycles. The summed E-state index contributed by atoms with van der Waals surface area (Å²) < 4.78 is 68.0. The fourth-order valence-corrected chi connectivity index (χ4v) is 12.2. The molecule has 89 heavy (non-hydrogen) atoms. The molecule has 2 unspecified atom stereocenters. The predicted molar refractivity (Wildman–Crippen MR) is 358 cm³/mol. The normalized spacial score (nSPS) is 14.1. The highest BCUT2D eigenvalue weighted by molar-refractivity contribution is 7.47. The number of aliphatic hydroxyl groups excluding tert-OH is 1. The number of phosphoric ester groups is 2. The zero-order chi connectivity index (χ0) is 65.7. The molecular formula is C70H136O17P2. The van der Waals surface area contributed by atoms with E-state index in [4.69, 9.17) is 37.0 Å². The Morgan fingerprint density at radius 3 is 0.764 bits per heavy atom. The highest BCUT2D eigenvalue weighted by atomic mass is 31.2. The maximum Gasteiger partial charge on any atom is 0.472 e. The fraction of sp³-hybridized carbons (Fsp3) is 0.943. The lowest BCUT2D eigenvalue weighted by Gasteiger charge is -2.21. The minimum atomic E-state index is -4.95. The minimum Gasteiger partial charge on any atom is -0.462 e. The van der Waals surface area contributed by atoms with Crippen LogP contribution >= 0.6 is 15.6 Å². The molecule has 0 aliphatic rings. The van der Waals surface area contributed by atoms with Gasteiger partial charge in [0.1, 0.15) is 19.3 Å². The van der Waals surface area contributed by atoms with Crippen LogP contribution in [0.1, 0.15) is 356 Å². The van der Waals surface area contributed by atoms with Gasteiger partial charge in [-0.15, -0.1) is 0 Å². The summed E-state index contributed by atoms with van der Waals surface area (Å²) in [6.07, 6.45) is 47.9. The second-order valence-electron chi connectivity index (χ2n) is 26.2. The van der Waals surface area contributed by atoms with E-state index in [-0.39, 0.29) is 25.7 Å². The molecule has 0 aliphatic heterocycles. The Labute approximate surface area is 543 Å². The van der Waals surface area contributed by atoms with Gasteiger partial charge in [-0.2, -0.15) is 0 Å². The van der Waals surface area contributed by atoms with Gasteiger partial charge < -0.3 is 33.8 Å². The highest BCUT2D eigenvalue weighted by Crippen LogP contribution is 2.45. The van der Waals surface area contributed by atoms with E-state index in [0.717, 1.165) is 108 Å². The largest absolute Gasteiger partial charge is 0.472 e. The first-order valence-electron chi connectivity index (χ1n) is 36.5. The van der Waals surface area contributed by atoms with Gasteiger partial charge in [0.15, 0.2) is 12.2 Å². The molecule has 0 heterocycles. The van der Waals surface area contributed by atoms with E-state index in [9.17, 15) is 43.2 Å². The molecule has 0 saturated carbocycles. The third kappa shape index (κ3) is 64.6. The van der Waals surface area contributed by atoms with E-state index in [2.05, 4.69) is 41.5 Å². The molecule has 0 amide bonds. The molecule has 3 N–H and O–H groups in total. The fourth-order valence-electron chi connectivity index (χ4n) is 10.6. The van der Waals surface area contributed by atoms with Crippen molar-refractivity contribution in [3.8, 4) is 0 Å². The Morgan fingerprint density at radius 1 is 0.303 bits per heavy atom. The average molecular weight is 1310 g/mol. The first-order valence-corrected chi connectivity index (χ1v) is 39.5. The molecule has 0 aromatic heterocycles. The topological polar surface area (TPSA) is 237 Å². The molecule has 0 rings (SSSR count). The van der Waals surface area contributed by atoms with Crippen molar-refractivity contribution in [2.45, 2.75) is 374 Å². The number of hydrogen-bond acceptors (Lipinski definition) is 15. The third-order valence-corrected chi connectivity index (χ3v) is 18.1. The summed E-state index contributed by atoms with van der Waals surface area (Å²) in [6.45, 7) is 9.39. The number of carbonyl (C=O) groups is 4. The van der Waals surface area contributed by atoms with Gasteiger partial charge in [0.25, 0.3) is 0 Å². The van der Waals surface area contributed by atoms with Crippen LogP contribution in [0.5, 0.6) is 0 Å². The lowest BCUT2D eigenvalue weighted by Crippen LogP contribution is -2.30. The zero-order valence-electron chi connectivity index (χ0n) is 57.7. The van der Waals surface area contributed by atoms with Gasteiger partial charge >= 0.3 is 39.5 Å². The number of unbranched alkanes of at least 4 members (excludes halogenated alkanes) is 39. The number of ether oxygens (including phenoxy) is 4. The molecule has 0 saturated heterocycles. The second kappa shape index (κ2) is 62.2. The van der Waals surface area contributed by atoms with Gasteiger partial charge in [0.05, 0.1) is 26.4 Å². The van der Waals surface area contributed by atoms with Crippen LogP contribution in [-0.4, -0.2) is 96.7 Å². The lowest BCUT2D eigenvalue weighted by molar-refractivity contribution is -0.161. The first-order chi connectivity index (χ1) is 42.9. The molecular weight excluding hydrogens is 1170 g/mol. The number of rotatable bonds is 69. The molecule has 19 heteroatoms. The van der Waals surface area contributed by atoms with Crippen LogP contribution in [-0.2, 0) is 65.4 Å². The first kappa shape index (κ1) is 87.1. The van der Waals surface area contributed by atoms with E-state index >= 15 is 0 Å². The van der Waals surface area contributed by atoms with Crippen molar-refractivity contribution in [3.63, 3.8) is 0 Å². The summed E-state index contributed by atoms with van der Waals surface area (Å²) in [4.78, 5) is 72.2. The Balaban J connectivity index is 5.10. The molecule has 0 aromatic carbocycles. The quantitative estimate of drug-likeness (QED) is 0.0222. The van der Waals surface area contributed by atoms with Crippen LogP contribution in [0.3, 0.4) is 0 Å². The van der Waals surface area contributed by atoms with Gasteiger partial charge in [0, 0.05) is 25.7 Å². The van der Waals surface area contributed by atoms with Crippen LogP contribution in [0, 0.1) is 11.8 Å². The van der Waals surface area contributed by atoms with Crippen LogP contribution in [0.25, 0.3) is 0 Å². The number of hydrogen-bond donors (Lipinski definition) is 3. The average Bonchev–Trinajstić information content (AvgIpc) is 3.71. The van der Waals surface area contributed by atoms with Crippen LogP contribution in [0.15, 0.2) is 0 Å². The number of carbonyl (C=O) groups excluding carboxylic acids is 4. The molecule has 0 radical (unpaired) electrons. The molecule has 0 fully saturated rings. The predicted octanol–water partition coefficient (Wildman–Crippen LogP) is 20.0.